The van der Waals surface area contributed by atoms with Crippen LogP contribution in [-0.4, -0.2) is 30.8 Å². The third kappa shape index (κ3) is 5.05. The monoisotopic (exact) mass is 187 g/mol. The van der Waals surface area contributed by atoms with E-state index in [2.05, 4.69) is 10.0 Å². The summed E-state index contributed by atoms with van der Waals surface area (Å²) in [5.74, 6) is -0.906. The molecule has 1 N–H and O–H groups in total. The average molecular weight is 187 g/mol. The molecular formula is C7H13N3O3. The van der Waals surface area contributed by atoms with Gasteiger partial charge in [0.2, 0.25) is 0 Å². The number of hydrogen-bond acceptors (Lipinski definition) is 3. The van der Waals surface area contributed by atoms with Gasteiger partial charge in [0.1, 0.15) is 0 Å². The lowest BCUT2D eigenvalue weighted by Crippen LogP contribution is -2.29. The molecule has 0 aliphatic heterocycles. The van der Waals surface area contributed by atoms with Crippen LogP contribution < -0.4 is 0 Å². The van der Waals surface area contributed by atoms with Crippen molar-refractivity contribution in [2.75, 3.05) is 19.8 Å². The standard InChI is InChI=1S/C7H13N3O3/c1-7(2,6(11)12)5-13-4-3-9-10-8/h3-5H2,1-2H3,(H,11,12). The molecule has 0 rings (SSSR count). The van der Waals surface area contributed by atoms with Crippen molar-refractivity contribution in [2.45, 2.75) is 13.8 Å². The molecule has 0 aliphatic carbocycles. The van der Waals surface area contributed by atoms with Crippen molar-refractivity contribution >= 4 is 5.97 Å². The van der Waals surface area contributed by atoms with E-state index in [0.29, 0.717) is 0 Å². The quantitative estimate of drug-likeness (QED) is 0.295. The molecule has 0 aliphatic rings. The second-order valence-electron chi connectivity index (χ2n) is 3.20. The zero-order valence-corrected chi connectivity index (χ0v) is 7.73. The maximum absolute atomic E-state index is 10.6. The summed E-state index contributed by atoms with van der Waals surface area (Å²) in [6.07, 6.45) is 0. The lowest BCUT2D eigenvalue weighted by molar-refractivity contribution is -0.150. The molecule has 0 saturated heterocycles. The molecule has 0 spiro atoms. The topological polar surface area (TPSA) is 95.3 Å². The molecule has 0 heterocycles. The summed E-state index contributed by atoms with van der Waals surface area (Å²) in [5, 5.41) is 11.9. The Morgan fingerprint density at radius 3 is 2.77 bits per heavy atom. The Labute approximate surface area is 76.1 Å². The summed E-state index contributed by atoms with van der Waals surface area (Å²) in [6, 6.07) is 0. The van der Waals surface area contributed by atoms with Crippen molar-refractivity contribution in [1.29, 1.82) is 0 Å². The second-order valence-corrected chi connectivity index (χ2v) is 3.20. The number of ether oxygens (including phenoxy) is 1. The van der Waals surface area contributed by atoms with Gasteiger partial charge in [0.15, 0.2) is 0 Å². The first-order chi connectivity index (χ1) is 6.00. The summed E-state index contributed by atoms with van der Waals surface area (Å²) in [7, 11) is 0. The minimum absolute atomic E-state index is 0.114. The maximum atomic E-state index is 10.6. The highest BCUT2D eigenvalue weighted by Crippen LogP contribution is 2.14. The van der Waals surface area contributed by atoms with Crippen molar-refractivity contribution in [3.05, 3.63) is 10.4 Å². The van der Waals surface area contributed by atoms with E-state index in [1.165, 1.54) is 0 Å². The van der Waals surface area contributed by atoms with Gasteiger partial charge in [0.25, 0.3) is 0 Å². The van der Waals surface area contributed by atoms with Crippen molar-refractivity contribution in [2.24, 2.45) is 10.5 Å². The Balaban J connectivity index is 3.63. The van der Waals surface area contributed by atoms with Crippen LogP contribution in [0.4, 0.5) is 0 Å². The molecule has 0 saturated carbocycles. The molecule has 0 unspecified atom stereocenters. The van der Waals surface area contributed by atoms with Gasteiger partial charge >= 0.3 is 5.97 Å². The van der Waals surface area contributed by atoms with Gasteiger partial charge in [0.05, 0.1) is 18.6 Å². The SMILES string of the molecule is CC(C)(COCCN=[N+]=[N-])C(=O)O. The van der Waals surface area contributed by atoms with Gasteiger partial charge in [-0.25, -0.2) is 0 Å². The summed E-state index contributed by atoms with van der Waals surface area (Å²) in [5.41, 5.74) is 7.03. The number of hydrogen-bond donors (Lipinski definition) is 1. The molecule has 0 aromatic rings. The van der Waals surface area contributed by atoms with Crippen molar-refractivity contribution in [3.63, 3.8) is 0 Å². The molecule has 0 aromatic carbocycles. The molecule has 0 fully saturated rings. The van der Waals surface area contributed by atoms with E-state index in [-0.39, 0.29) is 19.8 Å². The van der Waals surface area contributed by atoms with E-state index >= 15 is 0 Å². The highest BCUT2D eigenvalue weighted by atomic mass is 16.5. The number of carboxylic acids is 1. The van der Waals surface area contributed by atoms with Crippen molar-refractivity contribution in [3.8, 4) is 0 Å². The van der Waals surface area contributed by atoms with E-state index in [9.17, 15) is 4.79 Å². The molecule has 13 heavy (non-hydrogen) atoms. The summed E-state index contributed by atoms with van der Waals surface area (Å²) in [4.78, 5) is 13.1. The summed E-state index contributed by atoms with van der Waals surface area (Å²) < 4.78 is 5.02. The van der Waals surface area contributed by atoms with Crippen LogP contribution in [-0.2, 0) is 9.53 Å². The van der Waals surface area contributed by atoms with Gasteiger partial charge < -0.3 is 9.84 Å². The fraction of sp³-hybridized carbons (Fsp3) is 0.857. The minimum Gasteiger partial charge on any atom is -0.481 e. The first-order valence-electron chi connectivity index (χ1n) is 3.82. The molecule has 74 valence electrons. The predicted octanol–water partition coefficient (Wildman–Crippen LogP) is 1.42. The number of carbonyl (C=O) groups is 1. The Hall–Kier alpha value is -1.26. The predicted molar refractivity (Wildman–Crippen MR) is 46.2 cm³/mol. The Kier molecular flexibility index (Phi) is 4.87. The van der Waals surface area contributed by atoms with Gasteiger partial charge in [-0.1, -0.05) is 5.11 Å². The molecular weight excluding hydrogens is 174 g/mol. The Bertz CT molecular complexity index is 221. The van der Waals surface area contributed by atoms with Crippen LogP contribution in [0.2, 0.25) is 0 Å². The van der Waals surface area contributed by atoms with Crippen LogP contribution in [0.5, 0.6) is 0 Å². The normalized spacial score (nSPS) is 10.6. The van der Waals surface area contributed by atoms with Crippen LogP contribution >= 0.6 is 0 Å². The third-order valence-corrected chi connectivity index (χ3v) is 1.44. The largest absolute Gasteiger partial charge is 0.481 e. The van der Waals surface area contributed by atoms with E-state index in [1.807, 2.05) is 0 Å². The lowest BCUT2D eigenvalue weighted by Gasteiger charge is -2.18. The van der Waals surface area contributed by atoms with Crippen LogP contribution in [0.25, 0.3) is 10.4 Å². The molecule has 6 nitrogen and oxygen atoms in total. The van der Waals surface area contributed by atoms with Gasteiger partial charge in [-0.3, -0.25) is 4.79 Å². The zero-order chi connectivity index (χ0) is 10.3. The van der Waals surface area contributed by atoms with E-state index in [1.54, 1.807) is 13.8 Å². The first-order valence-corrected chi connectivity index (χ1v) is 3.82. The van der Waals surface area contributed by atoms with Gasteiger partial charge in [-0.2, -0.15) is 0 Å². The second kappa shape index (κ2) is 5.40. The first kappa shape index (κ1) is 11.7. The Morgan fingerprint density at radius 1 is 1.69 bits per heavy atom. The zero-order valence-electron chi connectivity index (χ0n) is 7.73. The highest BCUT2D eigenvalue weighted by molar-refractivity contribution is 5.73. The van der Waals surface area contributed by atoms with Gasteiger partial charge in [-0.15, -0.1) is 0 Å². The smallest absolute Gasteiger partial charge is 0.311 e. The van der Waals surface area contributed by atoms with Crippen LogP contribution in [0.3, 0.4) is 0 Å². The van der Waals surface area contributed by atoms with Crippen LogP contribution in [0.15, 0.2) is 5.11 Å². The van der Waals surface area contributed by atoms with Crippen LogP contribution in [0.1, 0.15) is 13.8 Å². The molecule has 0 aromatic heterocycles. The third-order valence-electron chi connectivity index (χ3n) is 1.44. The van der Waals surface area contributed by atoms with Gasteiger partial charge in [-0.05, 0) is 19.4 Å². The molecule has 0 radical (unpaired) electrons. The summed E-state index contributed by atoms with van der Waals surface area (Å²) in [6.45, 7) is 3.74. The van der Waals surface area contributed by atoms with Gasteiger partial charge in [0, 0.05) is 11.5 Å². The Morgan fingerprint density at radius 2 is 2.31 bits per heavy atom. The van der Waals surface area contributed by atoms with Crippen molar-refractivity contribution < 1.29 is 14.6 Å². The number of aliphatic carboxylic acids is 1. The number of nitrogens with zero attached hydrogens (tertiary/aromatic N) is 3. The number of carboxylic acid groups (broad SMARTS) is 1. The average Bonchev–Trinajstić information content (AvgIpc) is 2.03. The van der Waals surface area contributed by atoms with Crippen LogP contribution in [0, 0.1) is 5.41 Å². The molecule has 0 amide bonds. The fourth-order valence-electron chi connectivity index (χ4n) is 0.539. The minimum atomic E-state index is -0.906. The van der Waals surface area contributed by atoms with E-state index in [0.717, 1.165) is 0 Å². The molecule has 0 bridgehead atoms. The molecule has 0 atom stereocenters. The summed E-state index contributed by atoms with van der Waals surface area (Å²) >= 11 is 0. The number of rotatable bonds is 6. The molecule has 6 heteroatoms. The fourth-order valence-corrected chi connectivity index (χ4v) is 0.539. The lowest BCUT2D eigenvalue weighted by atomic mass is 9.95. The number of azide groups is 1. The van der Waals surface area contributed by atoms with E-state index in [4.69, 9.17) is 15.4 Å². The van der Waals surface area contributed by atoms with Crippen molar-refractivity contribution in [1.82, 2.24) is 0 Å². The highest BCUT2D eigenvalue weighted by Gasteiger charge is 2.26. The van der Waals surface area contributed by atoms with E-state index < -0.39 is 11.4 Å². The maximum Gasteiger partial charge on any atom is 0.311 e.